The Hall–Kier alpha value is -3.91. The predicted molar refractivity (Wildman–Crippen MR) is 127 cm³/mol. The van der Waals surface area contributed by atoms with Gasteiger partial charge in [0, 0.05) is 42.5 Å². The van der Waals surface area contributed by atoms with Crippen molar-refractivity contribution >= 4 is 34.2 Å². The van der Waals surface area contributed by atoms with Gasteiger partial charge in [0.1, 0.15) is 18.1 Å². The van der Waals surface area contributed by atoms with Crippen molar-refractivity contribution in [3.05, 3.63) is 71.9 Å². The number of β-amino-alcohol motifs (C(OH)–C–C–N with tert-alkyl or cyclic N) is 1. The number of nitrogens with zero attached hydrogens (tertiary/aromatic N) is 3. The number of aliphatic hydroxyl groups is 1. The smallest absolute Gasteiger partial charge is 0.270 e. The monoisotopic (exact) mass is 459 g/mol. The van der Waals surface area contributed by atoms with E-state index in [2.05, 4.69) is 6.58 Å². The lowest BCUT2D eigenvalue weighted by atomic mass is 10.0. The highest BCUT2D eigenvalue weighted by Crippen LogP contribution is 2.33. The van der Waals surface area contributed by atoms with Crippen LogP contribution in [0.1, 0.15) is 26.4 Å². The van der Waals surface area contributed by atoms with Gasteiger partial charge in [-0.05, 0) is 35.9 Å². The Morgan fingerprint density at radius 1 is 1.09 bits per heavy atom. The lowest BCUT2D eigenvalue weighted by Gasteiger charge is -2.29. The van der Waals surface area contributed by atoms with Crippen LogP contribution in [0.15, 0.2) is 55.1 Å². The number of fused-ring (bicyclic) bond motifs is 4. The van der Waals surface area contributed by atoms with Gasteiger partial charge >= 0.3 is 0 Å². The van der Waals surface area contributed by atoms with Gasteiger partial charge < -0.3 is 24.2 Å². The Kier molecular flexibility index (Phi) is 5.67. The van der Waals surface area contributed by atoms with Gasteiger partial charge in [0.15, 0.2) is 5.78 Å². The Bertz CT molecular complexity index is 1330. The van der Waals surface area contributed by atoms with E-state index in [1.54, 1.807) is 21.9 Å². The fraction of sp³-hybridized carbons (Fsp3) is 0.269. The summed E-state index contributed by atoms with van der Waals surface area (Å²) in [5.74, 6) is 0.237. The first-order valence-corrected chi connectivity index (χ1v) is 11.3. The number of Topliss-reactive ketones (excluding diaryl/α,β-unsaturated/α-hetero) is 1. The third kappa shape index (κ3) is 3.76. The first-order valence-electron chi connectivity index (χ1n) is 11.3. The molecule has 34 heavy (non-hydrogen) atoms. The van der Waals surface area contributed by atoms with Crippen molar-refractivity contribution in [2.75, 3.05) is 37.7 Å². The third-order valence-electron chi connectivity index (χ3n) is 6.39. The fourth-order valence-electron chi connectivity index (χ4n) is 4.66. The molecule has 1 N–H and O–H groups in total. The van der Waals surface area contributed by atoms with Crippen molar-refractivity contribution in [3.63, 3.8) is 0 Å². The summed E-state index contributed by atoms with van der Waals surface area (Å²) < 4.78 is 7.60. The second-order valence-electron chi connectivity index (χ2n) is 8.42. The average Bonchev–Trinajstić information content (AvgIpc) is 3.23. The summed E-state index contributed by atoms with van der Waals surface area (Å²) in [4.78, 5) is 41.4. The second kappa shape index (κ2) is 8.79. The Morgan fingerprint density at radius 3 is 2.74 bits per heavy atom. The quantitative estimate of drug-likeness (QED) is 0.452. The van der Waals surface area contributed by atoms with Crippen molar-refractivity contribution in [1.82, 2.24) is 9.47 Å². The number of ether oxygens (including phenoxy) is 1. The molecule has 2 aliphatic rings. The van der Waals surface area contributed by atoms with Crippen molar-refractivity contribution < 1.29 is 24.2 Å². The summed E-state index contributed by atoms with van der Waals surface area (Å²) in [5.41, 5.74) is 3.40. The van der Waals surface area contributed by atoms with E-state index < -0.39 is 0 Å². The van der Waals surface area contributed by atoms with E-state index in [0.717, 1.165) is 16.5 Å². The first kappa shape index (κ1) is 21.9. The highest BCUT2D eigenvalue weighted by Gasteiger charge is 2.26. The predicted octanol–water partition coefficient (Wildman–Crippen LogP) is 2.43. The van der Waals surface area contributed by atoms with Crippen LogP contribution in [0, 0.1) is 0 Å². The number of carbonyl (C=O) groups excluding carboxylic acids is 3. The molecule has 0 atom stereocenters. The van der Waals surface area contributed by atoms with Crippen LogP contribution in [0.5, 0.6) is 5.75 Å². The minimum atomic E-state index is -0.205. The van der Waals surface area contributed by atoms with Crippen LogP contribution in [-0.4, -0.2) is 65.0 Å². The number of aromatic nitrogens is 1. The molecule has 0 radical (unpaired) electrons. The molecule has 2 aliphatic heterocycles. The van der Waals surface area contributed by atoms with Gasteiger partial charge in [-0.1, -0.05) is 24.8 Å². The summed E-state index contributed by atoms with van der Waals surface area (Å²) in [5, 5.41) is 10.1. The zero-order valence-electron chi connectivity index (χ0n) is 18.7. The molecule has 0 fully saturated rings. The average molecular weight is 460 g/mol. The molecule has 0 bridgehead atoms. The molecule has 2 aromatic carbocycles. The molecule has 1 aromatic heterocycles. The number of hydrogen-bond acceptors (Lipinski definition) is 5. The van der Waals surface area contributed by atoms with E-state index in [0.29, 0.717) is 55.5 Å². The summed E-state index contributed by atoms with van der Waals surface area (Å²) in [6.07, 6.45) is 1.44. The Balaban J connectivity index is 1.41. The second-order valence-corrected chi connectivity index (χ2v) is 8.42. The molecule has 0 saturated heterocycles. The van der Waals surface area contributed by atoms with Gasteiger partial charge in [0.25, 0.3) is 11.8 Å². The Labute approximate surface area is 196 Å². The number of rotatable bonds is 6. The molecule has 0 spiro atoms. The number of hydrogen-bond donors (Lipinski definition) is 1. The zero-order valence-corrected chi connectivity index (χ0v) is 18.7. The molecule has 0 aliphatic carbocycles. The molecule has 3 heterocycles. The minimum Gasteiger partial charge on any atom is -0.490 e. The van der Waals surface area contributed by atoms with Gasteiger partial charge in [-0.25, -0.2) is 0 Å². The number of amides is 2. The third-order valence-corrected chi connectivity index (χ3v) is 6.39. The summed E-state index contributed by atoms with van der Waals surface area (Å²) in [7, 11) is 0. The summed E-state index contributed by atoms with van der Waals surface area (Å²) >= 11 is 0. The minimum absolute atomic E-state index is 0.0558. The van der Waals surface area contributed by atoms with Gasteiger partial charge in [-0.2, -0.15) is 0 Å². The van der Waals surface area contributed by atoms with Crippen molar-refractivity contribution in [2.24, 2.45) is 0 Å². The fourth-order valence-corrected chi connectivity index (χ4v) is 4.66. The normalized spacial score (nSPS) is 15.0. The molecule has 3 aromatic rings. The molecule has 0 unspecified atom stereocenters. The highest BCUT2D eigenvalue weighted by molar-refractivity contribution is 6.04. The first-order chi connectivity index (χ1) is 16.5. The van der Waals surface area contributed by atoms with Crippen LogP contribution in [0.25, 0.3) is 10.9 Å². The molecule has 2 amide bonds. The zero-order chi connectivity index (χ0) is 23.8. The number of benzene rings is 2. The van der Waals surface area contributed by atoms with Crippen LogP contribution in [0.4, 0.5) is 5.69 Å². The largest absolute Gasteiger partial charge is 0.490 e. The van der Waals surface area contributed by atoms with Gasteiger partial charge in [0.05, 0.1) is 18.8 Å². The van der Waals surface area contributed by atoms with Crippen LogP contribution in [0.3, 0.4) is 0 Å². The van der Waals surface area contributed by atoms with Gasteiger partial charge in [-0.3, -0.25) is 14.4 Å². The molecule has 5 rings (SSSR count). The molecular formula is C26H25N3O5. The van der Waals surface area contributed by atoms with E-state index in [1.807, 2.05) is 34.9 Å². The number of anilines is 1. The molecule has 8 nitrogen and oxygen atoms in total. The van der Waals surface area contributed by atoms with Crippen LogP contribution < -0.4 is 9.64 Å². The Morgan fingerprint density at radius 2 is 1.94 bits per heavy atom. The van der Waals surface area contributed by atoms with E-state index in [1.165, 1.54) is 6.08 Å². The topological polar surface area (TPSA) is 92.1 Å². The van der Waals surface area contributed by atoms with Crippen LogP contribution in [-0.2, 0) is 17.8 Å². The highest BCUT2D eigenvalue weighted by atomic mass is 16.5. The van der Waals surface area contributed by atoms with Crippen molar-refractivity contribution in [2.45, 2.75) is 13.0 Å². The molecule has 174 valence electrons. The molecule has 8 heteroatoms. The van der Waals surface area contributed by atoms with Crippen molar-refractivity contribution in [1.29, 1.82) is 0 Å². The lowest BCUT2D eigenvalue weighted by Crippen LogP contribution is -2.41. The van der Waals surface area contributed by atoms with Crippen LogP contribution >= 0.6 is 0 Å². The molecular weight excluding hydrogens is 434 g/mol. The number of aliphatic hydroxyl groups excluding tert-OH is 1. The van der Waals surface area contributed by atoms with Crippen LogP contribution in [0.2, 0.25) is 0 Å². The number of ketones is 1. The maximum Gasteiger partial charge on any atom is 0.270 e. The summed E-state index contributed by atoms with van der Waals surface area (Å²) in [6, 6.07) is 12.8. The summed E-state index contributed by atoms with van der Waals surface area (Å²) in [6.45, 7) is 5.78. The van der Waals surface area contributed by atoms with E-state index in [9.17, 15) is 19.5 Å². The maximum absolute atomic E-state index is 13.1. The van der Waals surface area contributed by atoms with Crippen molar-refractivity contribution in [3.8, 4) is 5.75 Å². The standard InChI is InChI=1S/C26H25N3O5/c1-2-25(32)29-10-12-34-24-6-3-17(13-21(24)29)14-23(31)19-5-4-18-15-22-26(33)27(9-11-30)7-8-28(22)20(18)16-19/h2-6,13,15-16,30H,1,7-12,14H2. The maximum atomic E-state index is 13.1. The lowest BCUT2D eigenvalue weighted by molar-refractivity contribution is -0.114. The molecule has 0 saturated carbocycles. The van der Waals surface area contributed by atoms with E-state index >= 15 is 0 Å². The van der Waals surface area contributed by atoms with Gasteiger partial charge in [0.2, 0.25) is 0 Å². The SMILES string of the molecule is C=CC(=O)N1CCOc2ccc(CC(=O)c3ccc4cc5n(c4c3)CCN(CCO)C5=O)cc21. The number of carbonyl (C=O) groups is 3. The van der Waals surface area contributed by atoms with E-state index in [-0.39, 0.29) is 30.6 Å². The van der Waals surface area contributed by atoms with E-state index in [4.69, 9.17) is 4.74 Å². The van der Waals surface area contributed by atoms with Gasteiger partial charge in [-0.15, -0.1) is 0 Å².